The molecule has 3 atom stereocenters. The molecule has 1 saturated carbocycles. The van der Waals surface area contributed by atoms with Crippen LogP contribution in [-0.2, 0) is 16.0 Å². The number of imide groups is 1. The van der Waals surface area contributed by atoms with Crippen LogP contribution in [0.1, 0.15) is 50.5 Å². The molecule has 166 valence electrons. The summed E-state index contributed by atoms with van der Waals surface area (Å²) in [5, 5.41) is 1.34. The van der Waals surface area contributed by atoms with Crippen molar-refractivity contribution in [2.45, 2.75) is 62.3 Å². The van der Waals surface area contributed by atoms with E-state index < -0.39 is 0 Å². The molecular weight excluding hydrogens is 406 g/mol. The Balaban J connectivity index is 1.19. The van der Waals surface area contributed by atoms with Gasteiger partial charge in [0.15, 0.2) is 0 Å². The lowest BCUT2D eigenvalue weighted by atomic mass is 9.81. The van der Waals surface area contributed by atoms with Gasteiger partial charge in [-0.15, -0.1) is 11.8 Å². The summed E-state index contributed by atoms with van der Waals surface area (Å²) in [5.41, 5.74) is 2.61. The van der Waals surface area contributed by atoms with Crippen molar-refractivity contribution in [3.05, 3.63) is 30.0 Å². The average Bonchev–Trinajstić information content (AvgIpc) is 3.48. The van der Waals surface area contributed by atoms with Crippen LogP contribution in [0.15, 0.2) is 29.3 Å². The van der Waals surface area contributed by atoms with Gasteiger partial charge in [0.25, 0.3) is 0 Å². The number of H-pyrrole nitrogens is 1. The number of hydrogen-bond donors (Lipinski definition) is 1. The minimum absolute atomic E-state index is 0.0196. The number of aromatic amines is 1. The Labute approximate surface area is 188 Å². The summed E-state index contributed by atoms with van der Waals surface area (Å²) < 4.78 is 0. The van der Waals surface area contributed by atoms with Crippen molar-refractivity contribution in [2.24, 2.45) is 11.8 Å². The van der Waals surface area contributed by atoms with Gasteiger partial charge in [0.2, 0.25) is 11.8 Å². The first-order valence-electron chi connectivity index (χ1n) is 11.9. The van der Waals surface area contributed by atoms with E-state index in [0.717, 1.165) is 51.6 Å². The van der Waals surface area contributed by atoms with Crippen LogP contribution in [0.25, 0.3) is 10.9 Å². The first kappa shape index (κ1) is 21.1. The number of hydrogen-bond acceptors (Lipinski definition) is 4. The first-order valence-corrected chi connectivity index (χ1v) is 13.1. The molecule has 1 N–H and O–H groups in total. The number of carbonyl (C=O) groups is 2. The van der Waals surface area contributed by atoms with Crippen molar-refractivity contribution < 1.29 is 9.59 Å². The van der Waals surface area contributed by atoms with Crippen LogP contribution >= 0.6 is 11.8 Å². The predicted octanol–water partition coefficient (Wildman–Crippen LogP) is 4.46. The van der Waals surface area contributed by atoms with Gasteiger partial charge < -0.3 is 4.98 Å². The van der Waals surface area contributed by atoms with Crippen molar-refractivity contribution in [2.75, 3.05) is 25.9 Å². The van der Waals surface area contributed by atoms with Gasteiger partial charge >= 0.3 is 0 Å². The molecule has 0 radical (unpaired) electrons. The topological polar surface area (TPSA) is 56.4 Å². The molecule has 2 saturated heterocycles. The largest absolute Gasteiger partial charge is 0.361 e. The number of rotatable bonds is 7. The number of nitrogens with one attached hydrogen (secondary N) is 1. The highest BCUT2D eigenvalue weighted by atomic mass is 32.2. The molecule has 0 bridgehead atoms. The number of aromatic nitrogens is 1. The molecule has 6 heteroatoms. The van der Waals surface area contributed by atoms with Crippen LogP contribution in [0.2, 0.25) is 0 Å². The maximum atomic E-state index is 12.7. The number of nitrogens with zero attached hydrogens (tertiary/aromatic N) is 2. The first-order chi connectivity index (χ1) is 15.2. The number of thioether (sulfide) groups is 1. The van der Waals surface area contributed by atoms with Crippen molar-refractivity contribution >= 4 is 34.5 Å². The summed E-state index contributed by atoms with van der Waals surface area (Å²) in [6.45, 7) is 2.68. The van der Waals surface area contributed by atoms with E-state index >= 15 is 0 Å². The van der Waals surface area contributed by atoms with Gasteiger partial charge in [-0.1, -0.05) is 12.8 Å². The normalized spacial score (nSPS) is 26.9. The smallest absolute Gasteiger partial charge is 0.233 e. The highest BCUT2D eigenvalue weighted by Gasteiger charge is 2.47. The molecule has 3 fully saturated rings. The lowest BCUT2D eigenvalue weighted by Crippen LogP contribution is -2.36. The van der Waals surface area contributed by atoms with Gasteiger partial charge in [0.1, 0.15) is 0 Å². The van der Waals surface area contributed by atoms with E-state index in [1.165, 1.54) is 34.2 Å². The van der Waals surface area contributed by atoms with Crippen LogP contribution in [-0.4, -0.2) is 58.5 Å². The Morgan fingerprint density at radius 1 is 1.03 bits per heavy atom. The molecule has 5 rings (SSSR count). The van der Waals surface area contributed by atoms with E-state index in [0.29, 0.717) is 12.6 Å². The standard InChI is InChI=1S/C25H33N3O2S/c1-31-19-9-10-23-22(15-19)17(16-26-23)14-18-6-4-11-27(18)12-5-13-28-24(29)20-7-2-3-8-21(20)25(28)30/h9-10,15-16,18,20-21,26H,2-8,11-14H2,1H3/t18-,20-,21+/m1/s1. The molecule has 2 amide bonds. The van der Waals surface area contributed by atoms with E-state index in [1.807, 2.05) is 0 Å². The quantitative estimate of drug-likeness (QED) is 0.511. The third-order valence-corrected chi connectivity index (χ3v) is 8.41. The predicted molar refractivity (Wildman–Crippen MR) is 125 cm³/mol. The lowest BCUT2D eigenvalue weighted by Gasteiger charge is -2.25. The highest BCUT2D eigenvalue weighted by Crippen LogP contribution is 2.38. The van der Waals surface area contributed by atoms with Crippen LogP contribution in [0.4, 0.5) is 0 Å². The van der Waals surface area contributed by atoms with Crippen molar-refractivity contribution in [1.29, 1.82) is 0 Å². The van der Waals surface area contributed by atoms with Crippen molar-refractivity contribution in [3.63, 3.8) is 0 Å². The summed E-state index contributed by atoms with van der Waals surface area (Å²) in [6.07, 6.45) is 12.7. The van der Waals surface area contributed by atoms with Crippen molar-refractivity contribution in [1.82, 2.24) is 14.8 Å². The molecule has 1 aliphatic carbocycles. The summed E-state index contributed by atoms with van der Waals surface area (Å²) in [6, 6.07) is 7.20. The zero-order valence-corrected chi connectivity index (χ0v) is 19.3. The number of fused-ring (bicyclic) bond motifs is 2. The second-order valence-electron chi connectivity index (χ2n) is 9.44. The minimum Gasteiger partial charge on any atom is -0.361 e. The maximum Gasteiger partial charge on any atom is 0.233 e. The fourth-order valence-electron chi connectivity index (χ4n) is 6.01. The number of benzene rings is 1. The van der Waals surface area contributed by atoms with E-state index in [-0.39, 0.29) is 23.7 Å². The van der Waals surface area contributed by atoms with E-state index in [1.54, 1.807) is 16.7 Å². The van der Waals surface area contributed by atoms with Gasteiger partial charge in [-0.25, -0.2) is 0 Å². The fraction of sp³-hybridized carbons (Fsp3) is 0.600. The second-order valence-corrected chi connectivity index (χ2v) is 10.3. The molecule has 0 spiro atoms. The zero-order chi connectivity index (χ0) is 21.4. The van der Waals surface area contributed by atoms with E-state index in [4.69, 9.17) is 0 Å². The maximum absolute atomic E-state index is 12.7. The summed E-state index contributed by atoms with van der Waals surface area (Å²) in [7, 11) is 0. The zero-order valence-electron chi connectivity index (χ0n) is 18.4. The third kappa shape index (κ3) is 4.05. The van der Waals surface area contributed by atoms with Crippen LogP contribution < -0.4 is 0 Å². The summed E-state index contributed by atoms with van der Waals surface area (Å²) in [5.74, 6) is 0.176. The monoisotopic (exact) mass is 439 g/mol. The Kier molecular flexibility index (Phi) is 6.11. The number of likely N-dealkylation sites (tertiary alicyclic amines) is 2. The van der Waals surface area contributed by atoms with E-state index in [2.05, 4.69) is 40.5 Å². The molecule has 3 aliphatic rings. The average molecular weight is 440 g/mol. The molecule has 2 aromatic rings. The Hall–Kier alpha value is -1.79. The molecule has 1 aromatic heterocycles. The van der Waals surface area contributed by atoms with Gasteiger partial charge in [0.05, 0.1) is 11.8 Å². The van der Waals surface area contributed by atoms with Crippen LogP contribution in [0, 0.1) is 11.8 Å². The second kappa shape index (κ2) is 8.99. The molecule has 31 heavy (non-hydrogen) atoms. The highest BCUT2D eigenvalue weighted by molar-refractivity contribution is 7.98. The summed E-state index contributed by atoms with van der Waals surface area (Å²) >= 11 is 1.79. The lowest BCUT2D eigenvalue weighted by molar-refractivity contribution is -0.140. The Bertz CT molecular complexity index is 947. The Morgan fingerprint density at radius 3 is 2.55 bits per heavy atom. The van der Waals surface area contributed by atoms with E-state index in [9.17, 15) is 9.59 Å². The number of amides is 2. The fourth-order valence-corrected chi connectivity index (χ4v) is 6.45. The molecule has 3 heterocycles. The third-order valence-electron chi connectivity index (χ3n) is 7.69. The van der Waals surface area contributed by atoms with Gasteiger partial charge in [-0.05, 0) is 75.1 Å². The molecule has 5 nitrogen and oxygen atoms in total. The molecule has 1 aromatic carbocycles. The molecule has 0 unspecified atom stereocenters. The SMILES string of the molecule is CSc1ccc2[nH]cc(C[C@H]3CCCN3CCCN3C(=O)[C@H]4CCCC[C@H]4C3=O)c2c1. The van der Waals surface area contributed by atoms with Crippen LogP contribution in [0.3, 0.4) is 0 Å². The number of carbonyl (C=O) groups excluding carboxylic acids is 2. The van der Waals surface area contributed by atoms with Crippen molar-refractivity contribution in [3.8, 4) is 0 Å². The van der Waals surface area contributed by atoms with Crippen LogP contribution in [0.5, 0.6) is 0 Å². The Morgan fingerprint density at radius 2 is 1.81 bits per heavy atom. The molecular formula is C25H33N3O2S. The summed E-state index contributed by atoms with van der Waals surface area (Å²) in [4.78, 5) is 34.3. The van der Waals surface area contributed by atoms with Gasteiger partial charge in [-0.3, -0.25) is 19.4 Å². The molecule has 2 aliphatic heterocycles. The van der Waals surface area contributed by atoms with Gasteiger partial charge in [0, 0.05) is 41.1 Å². The minimum atomic E-state index is -0.0196. The van der Waals surface area contributed by atoms with Gasteiger partial charge in [-0.2, -0.15) is 0 Å².